The Morgan fingerprint density at radius 3 is 2.74 bits per heavy atom. The van der Waals surface area contributed by atoms with Gasteiger partial charge in [-0.1, -0.05) is 35.0 Å². The number of hydrogen-bond acceptors (Lipinski definition) is 4. The normalized spacial score (nSPS) is 12.5. The van der Waals surface area contributed by atoms with Crippen molar-refractivity contribution in [3.8, 4) is 0 Å². The van der Waals surface area contributed by atoms with Gasteiger partial charge in [0.2, 0.25) is 5.91 Å². The molecule has 0 spiro atoms. The van der Waals surface area contributed by atoms with Crippen LogP contribution in [0.5, 0.6) is 0 Å². The molecule has 1 heterocycles. The minimum Gasteiger partial charge on any atom is -0.343 e. The molecule has 0 aliphatic heterocycles. The van der Waals surface area contributed by atoms with Gasteiger partial charge in [-0.2, -0.15) is 5.21 Å². The van der Waals surface area contributed by atoms with E-state index in [2.05, 4.69) is 25.9 Å². The molecule has 6 heteroatoms. The number of nitrogens with zero attached hydrogens (tertiary/aromatic N) is 3. The number of aromatic nitrogens is 4. The van der Waals surface area contributed by atoms with Crippen molar-refractivity contribution >= 4 is 12.0 Å². The van der Waals surface area contributed by atoms with Crippen LogP contribution in [0, 0.1) is 6.92 Å². The van der Waals surface area contributed by atoms with Crippen molar-refractivity contribution in [1.29, 1.82) is 0 Å². The number of carbonyl (C=O) groups is 1. The summed E-state index contributed by atoms with van der Waals surface area (Å²) in [7, 11) is 0. The number of rotatable bonds is 4. The van der Waals surface area contributed by atoms with Gasteiger partial charge in [-0.25, -0.2) is 0 Å². The van der Waals surface area contributed by atoms with Crippen molar-refractivity contribution in [2.75, 3.05) is 0 Å². The molecule has 0 saturated heterocycles. The Hall–Kier alpha value is -2.50. The molecular formula is C13H15N5O. The molecule has 0 aliphatic carbocycles. The minimum atomic E-state index is -0.283. The van der Waals surface area contributed by atoms with Gasteiger partial charge in [0.25, 0.3) is 0 Å². The highest BCUT2D eigenvalue weighted by molar-refractivity contribution is 5.91. The molecule has 1 aromatic carbocycles. The minimum absolute atomic E-state index is 0.196. The van der Waals surface area contributed by atoms with E-state index in [0.29, 0.717) is 5.82 Å². The van der Waals surface area contributed by atoms with E-state index in [1.165, 1.54) is 11.6 Å². The van der Waals surface area contributed by atoms with E-state index in [0.717, 1.165) is 5.56 Å². The Morgan fingerprint density at radius 1 is 1.37 bits per heavy atom. The Kier molecular flexibility index (Phi) is 4.02. The van der Waals surface area contributed by atoms with Crippen LogP contribution in [0.1, 0.15) is 29.9 Å². The topological polar surface area (TPSA) is 83.6 Å². The number of H-pyrrole nitrogens is 1. The summed E-state index contributed by atoms with van der Waals surface area (Å²) in [6, 6.07) is 7.64. The Morgan fingerprint density at radius 2 is 2.11 bits per heavy atom. The predicted molar refractivity (Wildman–Crippen MR) is 70.9 cm³/mol. The number of tetrazole rings is 1. The van der Waals surface area contributed by atoms with Crippen LogP contribution in [0.4, 0.5) is 0 Å². The number of carbonyl (C=O) groups excluding carboxylic acids is 1. The van der Waals surface area contributed by atoms with Crippen molar-refractivity contribution in [2.24, 2.45) is 0 Å². The van der Waals surface area contributed by atoms with E-state index in [1.54, 1.807) is 13.0 Å². The highest BCUT2D eigenvalue weighted by atomic mass is 16.1. The zero-order valence-electron chi connectivity index (χ0n) is 10.8. The highest BCUT2D eigenvalue weighted by Crippen LogP contribution is 2.06. The maximum atomic E-state index is 11.7. The van der Waals surface area contributed by atoms with Crippen molar-refractivity contribution in [1.82, 2.24) is 25.9 Å². The number of aryl methyl sites for hydroxylation is 1. The first-order valence-electron chi connectivity index (χ1n) is 5.94. The van der Waals surface area contributed by atoms with Crippen molar-refractivity contribution in [3.63, 3.8) is 0 Å². The second kappa shape index (κ2) is 5.90. The van der Waals surface area contributed by atoms with Crippen LogP contribution >= 0.6 is 0 Å². The van der Waals surface area contributed by atoms with Gasteiger partial charge in [-0.05, 0) is 25.5 Å². The quantitative estimate of drug-likeness (QED) is 0.811. The first-order valence-corrected chi connectivity index (χ1v) is 5.94. The highest BCUT2D eigenvalue weighted by Gasteiger charge is 2.11. The summed E-state index contributed by atoms with van der Waals surface area (Å²) in [4.78, 5) is 11.7. The lowest BCUT2D eigenvalue weighted by atomic mass is 10.1. The molecule has 19 heavy (non-hydrogen) atoms. The summed E-state index contributed by atoms with van der Waals surface area (Å²) >= 11 is 0. The second-order valence-corrected chi connectivity index (χ2v) is 4.24. The summed E-state index contributed by atoms with van der Waals surface area (Å²) in [6.07, 6.45) is 3.25. The van der Waals surface area contributed by atoms with E-state index in [4.69, 9.17) is 0 Å². The van der Waals surface area contributed by atoms with Gasteiger partial charge in [0, 0.05) is 6.08 Å². The molecule has 0 radical (unpaired) electrons. The Labute approximate surface area is 110 Å². The molecule has 1 aromatic heterocycles. The van der Waals surface area contributed by atoms with E-state index in [-0.39, 0.29) is 11.9 Å². The van der Waals surface area contributed by atoms with Crippen LogP contribution in [-0.2, 0) is 4.79 Å². The number of benzene rings is 1. The average molecular weight is 257 g/mol. The van der Waals surface area contributed by atoms with E-state index < -0.39 is 0 Å². The van der Waals surface area contributed by atoms with Gasteiger partial charge < -0.3 is 5.32 Å². The lowest BCUT2D eigenvalue weighted by molar-refractivity contribution is -0.117. The summed E-state index contributed by atoms with van der Waals surface area (Å²) < 4.78 is 0. The van der Waals surface area contributed by atoms with Gasteiger partial charge in [0.05, 0.1) is 6.04 Å². The third-order valence-corrected chi connectivity index (χ3v) is 2.61. The molecular weight excluding hydrogens is 242 g/mol. The maximum absolute atomic E-state index is 11.7. The summed E-state index contributed by atoms with van der Waals surface area (Å²) in [6.45, 7) is 3.81. The first kappa shape index (κ1) is 12.9. The van der Waals surface area contributed by atoms with Crippen LogP contribution in [0.25, 0.3) is 6.08 Å². The lowest BCUT2D eigenvalue weighted by Gasteiger charge is -2.06. The maximum Gasteiger partial charge on any atom is 0.244 e. The van der Waals surface area contributed by atoms with Gasteiger partial charge >= 0.3 is 0 Å². The van der Waals surface area contributed by atoms with Crippen LogP contribution in [0.3, 0.4) is 0 Å². The molecule has 0 aliphatic rings. The van der Waals surface area contributed by atoms with Crippen molar-refractivity contribution in [2.45, 2.75) is 19.9 Å². The molecule has 2 rings (SSSR count). The monoisotopic (exact) mass is 257 g/mol. The van der Waals surface area contributed by atoms with Crippen LogP contribution in [-0.4, -0.2) is 26.5 Å². The Balaban J connectivity index is 1.92. The largest absolute Gasteiger partial charge is 0.343 e. The SMILES string of the molecule is Cc1ccc(C=CC(=O)NC(C)c2nn[nH]n2)cc1. The summed E-state index contributed by atoms with van der Waals surface area (Å²) in [5.74, 6) is 0.259. The molecule has 0 bridgehead atoms. The third kappa shape index (κ3) is 3.74. The molecule has 6 nitrogen and oxygen atoms in total. The molecule has 1 amide bonds. The zero-order valence-corrected chi connectivity index (χ0v) is 10.8. The second-order valence-electron chi connectivity index (χ2n) is 4.24. The van der Waals surface area contributed by atoms with Crippen LogP contribution in [0.2, 0.25) is 0 Å². The van der Waals surface area contributed by atoms with Crippen LogP contribution < -0.4 is 5.32 Å². The third-order valence-electron chi connectivity index (χ3n) is 2.61. The van der Waals surface area contributed by atoms with E-state index in [1.807, 2.05) is 31.2 Å². The van der Waals surface area contributed by atoms with Crippen molar-refractivity contribution < 1.29 is 4.79 Å². The molecule has 1 atom stereocenters. The van der Waals surface area contributed by atoms with E-state index >= 15 is 0 Å². The summed E-state index contributed by atoms with van der Waals surface area (Å²) in [5, 5.41) is 16.2. The number of nitrogens with one attached hydrogen (secondary N) is 2. The van der Waals surface area contributed by atoms with Gasteiger partial charge in [-0.15, -0.1) is 10.2 Å². The molecule has 1 unspecified atom stereocenters. The average Bonchev–Trinajstić information content (AvgIpc) is 2.92. The van der Waals surface area contributed by atoms with Crippen LogP contribution in [0.15, 0.2) is 30.3 Å². The summed E-state index contributed by atoms with van der Waals surface area (Å²) in [5.41, 5.74) is 2.17. The van der Waals surface area contributed by atoms with Gasteiger partial charge in [-0.3, -0.25) is 4.79 Å². The molecule has 2 N–H and O–H groups in total. The fourth-order valence-electron chi connectivity index (χ4n) is 1.53. The standard InChI is InChI=1S/C13H15N5O/c1-9-3-5-11(6-4-9)7-8-12(19)14-10(2)13-15-17-18-16-13/h3-8,10H,1-2H3,(H,14,19)(H,15,16,17,18). The fraction of sp³-hybridized carbons (Fsp3) is 0.231. The van der Waals surface area contributed by atoms with E-state index in [9.17, 15) is 4.79 Å². The Bertz CT molecular complexity index is 559. The first-order chi connectivity index (χ1) is 9.15. The fourth-order valence-corrected chi connectivity index (χ4v) is 1.53. The number of hydrogen-bond donors (Lipinski definition) is 2. The molecule has 0 saturated carbocycles. The lowest BCUT2D eigenvalue weighted by Crippen LogP contribution is -2.25. The smallest absolute Gasteiger partial charge is 0.244 e. The molecule has 0 fully saturated rings. The van der Waals surface area contributed by atoms with Gasteiger partial charge in [0.1, 0.15) is 0 Å². The number of amides is 1. The zero-order chi connectivity index (χ0) is 13.7. The number of aromatic amines is 1. The molecule has 2 aromatic rings. The predicted octanol–water partition coefficient (Wildman–Crippen LogP) is 1.40. The van der Waals surface area contributed by atoms with Gasteiger partial charge in [0.15, 0.2) is 5.82 Å². The van der Waals surface area contributed by atoms with Crippen molar-refractivity contribution in [3.05, 3.63) is 47.3 Å². The molecule has 98 valence electrons.